The second-order valence-electron chi connectivity index (χ2n) is 8.26. The first-order valence-corrected chi connectivity index (χ1v) is 10.5. The van der Waals surface area contributed by atoms with Crippen molar-refractivity contribution in [2.24, 2.45) is 0 Å². The van der Waals surface area contributed by atoms with Gasteiger partial charge in [-0.1, -0.05) is 12.1 Å². The number of benzene rings is 1. The van der Waals surface area contributed by atoms with E-state index in [4.69, 9.17) is 0 Å². The van der Waals surface area contributed by atoms with E-state index in [9.17, 15) is 14.4 Å². The van der Waals surface area contributed by atoms with Gasteiger partial charge in [0.25, 0.3) is 0 Å². The lowest BCUT2D eigenvalue weighted by Gasteiger charge is -2.46. The molecular weight excluding hydrogens is 394 g/mol. The Morgan fingerprint density at radius 2 is 2.00 bits per heavy atom. The Hall–Kier alpha value is -3.26. The number of fused-ring (bicyclic) bond motifs is 1. The molecule has 2 aliphatic heterocycles. The van der Waals surface area contributed by atoms with E-state index in [1.807, 2.05) is 38.1 Å². The van der Waals surface area contributed by atoms with Crippen molar-refractivity contribution in [3.8, 4) is 0 Å². The Balaban J connectivity index is 1.54. The van der Waals surface area contributed by atoms with Gasteiger partial charge in [-0.15, -0.1) is 0 Å². The maximum Gasteiger partial charge on any atom is 0.327 e. The first kappa shape index (κ1) is 21.0. The van der Waals surface area contributed by atoms with Gasteiger partial charge in [0.05, 0.1) is 12.6 Å². The standard InChI is InChI=1S/C23H27N5O3/c1-15-9-16(2)11-18(10-15)26-20(29)14-27-19-6-4-8-25-21(19)22(30)28(23(27)31)13-17-5-3-7-24-12-17/h3,5,7,9-12,19,21,25H,4,6,8,13-14H2,1-2H3,(H,26,29). The van der Waals surface area contributed by atoms with Crippen LogP contribution in [-0.4, -0.2) is 57.8 Å². The summed E-state index contributed by atoms with van der Waals surface area (Å²) in [7, 11) is 0. The molecule has 31 heavy (non-hydrogen) atoms. The van der Waals surface area contributed by atoms with Crippen LogP contribution in [0.25, 0.3) is 0 Å². The number of aromatic nitrogens is 1. The Morgan fingerprint density at radius 1 is 1.23 bits per heavy atom. The number of aryl methyl sites for hydroxylation is 2. The van der Waals surface area contributed by atoms with Crippen LogP contribution in [0.1, 0.15) is 29.5 Å². The molecule has 3 heterocycles. The molecule has 2 N–H and O–H groups in total. The van der Waals surface area contributed by atoms with E-state index >= 15 is 0 Å². The van der Waals surface area contributed by atoms with Crippen molar-refractivity contribution >= 4 is 23.5 Å². The lowest BCUT2D eigenvalue weighted by molar-refractivity contribution is -0.138. The summed E-state index contributed by atoms with van der Waals surface area (Å²) in [4.78, 5) is 46.0. The van der Waals surface area contributed by atoms with Crippen LogP contribution in [0.2, 0.25) is 0 Å². The minimum Gasteiger partial charge on any atom is -0.325 e. The Kier molecular flexibility index (Phi) is 5.99. The topological polar surface area (TPSA) is 94.6 Å². The normalized spacial score (nSPS) is 21.1. The molecule has 1 aromatic carbocycles. The maximum atomic E-state index is 13.3. The molecule has 8 heteroatoms. The number of urea groups is 1. The minimum atomic E-state index is -0.503. The zero-order valence-electron chi connectivity index (χ0n) is 17.8. The minimum absolute atomic E-state index is 0.106. The molecule has 2 saturated heterocycles. The highest BCUT2D eigenvalue weighted by Gasteiger charge is 2.47. The lowest BCUT2D eigenvalue weighted by Crippen LogP contribution is -2.70. The highest BCUT2D eigenvalue weighted by Crippen LogP contribution is 2.26. The van der Waals surface area contributed by atoms with Crippen molar-refractivity contribution < 1.29 is 14.4 Å². The summed E-state index contributed by atoms with van der Waals surface area (Å²) in [5.41, 5.74) is 3.56. The Bertz CT molecular complexity index is 974. The summed E-state index contributed by atoms with van der Waals surface area (Å²) < 4.78 is 0. The van der Waals surface area contributed by atoms with E-state index in [1.54, 1.807) is 18.5 Å². The van der Waals surface area contributed by atoms with Crippen LogP contribution < -0.4 is 10.6 Å². The summed E-state index contributed by atoms with van der Waals surface area (Å²) in [5, 5.41) is 6.14. The molecule has 4 amide bonds. The molecule has 0 saturated carbocycles. The molecule has 2 fully saturated rings. The van der Waals surface area contributed by atoms with Gasteiger partial charge in [0.1, 0.15) is 12.6 Å². The number of imide groups is 1. The zero-order valence-corrected chi connectivity index (χ0v) is 17.8. The van der Waals surface area contributed by atoms with Gasteiger partial charge in [0.2, 0.25) is 11.8 Å². The molecular formula is C23H27N5O3. The second-order valence-corrected chi connectivity index (χ2v) is 8.26. The number of piperidine rings is 1. The van der Waals surface area contributed by atoms with Crippen LogP contribution in [0.5, 0.6) is 0 Å². The number of nitrogens with zero attached hydrogens (tertiary/aromatic N) is 3. The Morgan fingerprint density at radius 3 is 2.71 bits per heavy atom. The fourth-order valence-corrected chi connectivity index (χ4v) is 4.42. The molecule has 2 atom stereocenters. The molecule has 0 radical (unpaired) electrons. The molecule has 8 nitrogen and oxygen atoms in total. The van der Waals surface area contributed by atoms with Crippen molar-refractivity contribution in [1.29, 1.82) is 0 Å². The SMILES string of the molecule is Cc1cc(C)cc(NC(=O)CN2C(=O)N(Cc3cccnc3)C(=O)C3NCCCC32)c1. The summed E-state index contributed by atoms with van der Waals surface area (Å²) >= 11 is 0. The highest BCUT2D eigenvalue weighted by molar-refractivity contribution is 6.02. The average Bonchev–Trinajstić information content (AvgIpc) is 2.74. The summed E-state index contributed by atoms with van der Waals surface area (Å²) in [5.74, 6) is -0.525. The van der Waals surface area contributed by atoms with E-state index in [0.717, 1.165) is 23.1 Å². The van der Waals surface area contributed by atoms with Crippen molar-refractivity contribution in [2.45, 2.75) is 45.3 Å². The van der Waals surface area contributed by atoms with Gasteiger partial charge in [-0.2, -0.15) is 0 Å². The van der Waals surface area contributed by atoms with Crippen LogP contribution in [0, 0.1) is 13.8 Å². The molecule has 0 aliphatic carbocycles. The molecule has 0 bridgehead atoms. The monoisotopic (exact) mass is 421 g/mol. The third kappa shape index (κ3) is 4.59. The molecule has 0 spiro atoms. The predicted octanol–water partition coefficient (Wildman–Crippen LogP) is 2.22. The molecule has 2 aliphatic rings. The van der Waals surface area contributed by atoms with E-state index in [1.165, 1.54) is 9.80 Å². The van der Waals surface area contributed by atoms with E-state index in [2.05, 4.69) is 15.6 Å². The molecule has 1 aromatic heterocycles. The lowest BCUT2D eigenvalue weighted by atomic mass is 9.93. The predicted molar refractivity (Wildman–Crippen MR) is 116 cm³/mol. The van der Waals surface area contributed by atoms with Gasteiger partial charge in [0, 0.05) is 18.1 Å². The molecule has 162 valence electrons. The zero-order chi connectivity index (χ0) is 22.0. The number of nitrogens with one attached hydrogen (secondary N) is 2. The van der Waals surface area contributed by atoms with Crippen LogP contribution in [0.15, 0.2) is 42.7 Å². The van der Waals surface area contributed by atoms with Crippen molar-refractivity contribution in [2.75, 3.05) is 18.4 Å². The van der Waals surface area contributed by atoms with Crippen LogP contribution in [0.4, 0.5) is 10.5 Å². The van der Waals surface area contributed by atoms with E-state index in [0.29, 0.717) is 18.7 Å². The average molecular weight is 422 g/mol. The molecule has 4 rings (SSSR count). The number of amides is 4. The summed E-state index contributed by atoms with van der Waals surface area (Å²) in [6.07, 6.45) is 4.82. The fraction of sp³-hybridized carbons (Fsp3) is 0.391. The summed E-state index contributed by atoms with van der Waals surface area (Å²) in [6.45, 7) is 4.68. The number of anilines is 1. The first-order valence-electron chi connectivity index (χ1n) is 10.5. The number of carbonyl (C=O) groups is 3. The number of carbonyl (C=O) groups excluding carboxylic acids is 3. The van der Waals surface area contributed by atoms with Crippen molar-refractivity contribution in [3.05, 3.63) is 59.4 Å². The van der Waals surface area contributed by atoms with Gasteiger partial charge in [-0.05, 0) is 68.1 Å². The van der Waals surface area contributed by atoms with Crippen LogP contribution >= 0.6 is 0 Å². The van der Waals surface area contributed by atoms with E-state index < -0.39 is 12.1 Å². The quantitative estimate of drug-likeness (QED) is 0.772. The number of pyridine rings is 1. The van der Waals surface area contributed by atoms with Gasteiger partial charge < -0.3 is 15.5 Å². The molecule has 2 unspecified atom stereocenters. The second kappa shape index (κ2) is 8.85. The first-order chi connectivity index (χ1) is 14.9. The smallest absolute Gasteiger partial charge is 0.325 e. The Labute approximate surface area is 181 Å². The highest BCUT2D eigenvalue weighted by atomic mass is 16.2. The third-order valence-corrected chi connectivity index (χ3v) is 5.72. The van der Waals surface area contributed by atoms with Gasteiger partial charge in [-0.25, -0.2) is 4.79 Å². The number of hydrogen-bond acceptors (Lipinski definition) is 5. The van der Waals surface area contributed by atoms with Crippen molar-refractivity contribution in [3.63, 3.8) is 0 Å². The van der Waals surface area contributed by atoms with Crippen LogP contribution in [0.3, 0.4) is 0 Å². The van der Waals surface area contributed by atoms with Gasteiger partial charge in [0.15, 0.2) is 0 Å². The number of hydrogen-bond donors (Lipinski definition) is 2. The fourth-order valence-electron chi connectivity index (χ4n) is 4.42. The largest absolute Gasteiger partial charge is 0.327 e. The summed E-state index contributed by atoms with van der Waals surface area (Å²) in [6, 6.07) is 8.15. The maximum absolute atomic E-state index is 13.3. The van der Waals surface area contributed by atoms with Gasteiger partial charge >= 0.3 is 6.03 Å². The number of rotatable bonds is 5. The van der Waals surface area contributed by atoms with Crippen LogP contribution in [-0.2, 0) is 16.1 Å². The third-order valence-electron chi connectivity index (χ3n) is 5.72. The van der Waals surface area contributed by atoms with Crippen molar-refractivity contribution in [1.82, 2.24) is 20.1 Å². The molecule has 2 aromatic rings. The van der Waals surface area contributed by atoms with E-state index in [-0.39, 0.29) is 30.9 Å². The van der Waals surface area contributed by atoms with Gasteiger partial charge in [-0.3, -0.25) is 19.5 Å².